The fraction of sp³-hybridized carbons (Fsp3) is 0.692. The summed E-state index contributed by atoms with van der Waals surface area (Å²) < 4.78 is 11.0. The Hall–Kier alpha value is -2.68. The van der Waals surface area contributed by atoms with Gasteiger partial charge in [-0.25, -0.2) is 4.99 Å². The molecular formula is C26H41N5O4. The number of para-hydroxylation sites is 1. The zero-order valence-electron chi connectivity index (χ0n) is 21.8. The van der Waals surface area contributed by atoms with Gasteiger partial charge >= 0.3 is 0 Å². The zero-order chi connectivity index (χ0) is 25.6. The summed E-state index contributed by atoms with van der Waals surface area (Å²) >= 11 is 0. The van der Waals surface area contributed by atoms with E-state index in [1.165, 1.54) is 12.8 Å². The van der Waals surface area contributed by atoms with E-state index in [9.17, 15) is 9.70 Å². The van der Waals surface area contributed by atoms with E-state index in [-0.39, 0.29) is 29.1 Å². The lowest BCUT2D eigenvalue weighted by Gasteiger charge is -2.40. The van der Waals surface area contributed by atoms with Crippen molar-refractivity contribution in [1.82, 2.24) is 10.3 Å². The van der Waals surface area contributed by atoms with Gasteiger partial charge in [-0.3, -0.25) is 15.1 Å². The molecule has 2 atom stereocenters. The fourth-order valence-electron chi connectivity index (χ4n) is 5.12. The van der Waals surface area contributed by atoms with Crippen molar-refractivity contribution >= 4 is 11.9 Å². The molecule has 1 unspecified atom stereocenters. The minimum absolute atomic E-state index is 0.0533. The Balaban J connectivity index is 0.000000203. The number of aliphatic imine (C=N–C) groups is 1. The highest BCUT2D eigenvalue weighted by Gasteiger charge is 2.44. The third kappa shape index (κ3) is 6.51. The lowest BCUT2D eigenvalue weighted by atomic mass is 9.87. The van der Waals surface area contributed by atoms with E-state index in [2.05, 4.69) is 29.6 Å². The SMILES string of the molecule is CC1(C)C[C@H](NN=O)c2ccccc2O1.CCC1(CC)CC(=O)N(C(CCOC)C2CC2)C(N)=N1. The largest absolute Gasteiger partial charge is 0.487 e. The molecule has 2 aliphatic heterocycles. The molecule has 1 fully saturated rings. The van der Waals surface area contributed by atoms with Crippen LogP contribution in [0, 0.1) is 10.8 Å². The molecule has 9 heteroatoms. The molecule has 0 bridgehead atoms. The van der Waals surface area contributed by atoms with Gasteiger partial charge in [0.2, 0.25) is 5.91 Å². The normalized spacial score (nSPS) is 23.1. The van der Waals surface area contributed by atoms with Crippen molar-refractivity contribution in [1.29, 1.82) is 0 Å². The van der Waals surface area contributed by atoms with E-state index in [1.54, 1.807) is 12.0 Å². The second-order valence-electron chi connectivity index (χ2n) is 10.4. The van der Waals surface area contributed by atoms with E-state index >= 15 is 0 Å². The summed E-state index contributed by atoms with van der Waals surface area (Å²) in [6, 6.07) is 7.83. The lowest BCUT2D eigenvalue weighted by Crippen LogP contribution is -2.56. The molecule has 9 nitrogen and oxygen atoms in total. The summed E-state index contributed by atoms with van der Waals surface area (Å²) in [5, 5.41) is 2.77. The van der Waals surface area contributed by atoms with Crippen LogP contribution in [0.15, 0.2) is 34.5 Å². The summed E-state index contributed by atoms with van der Waals surface area (Å²) in [4.78, 5) is 29.3. The average molecular weight is 488 g/mol. The number of guanidine groups is 1. The van der Waals surface area contributed by atoms with Crippen LogP contribution in [0.1, 0.15) is 84.2 Å². The Morgan fingerprint density at radius 2 is 1.97 bits per heavy atom. The maximum absolute atomic E-state index is 12.6. The van der Waals surface area contributed by atoms with Crippen molar-refractivity contribution in [3.8, 4) is 5.75 Å². The third-order valence-electron chi connectivity index (χ3n) is 7.36. The van der Waals surface area contributed by atoms with Crippen LogP contribution in [-0.4, -0.2) is 47.7 Å². The van der Waals surface area contributed by atoms with Gasteiger partial charge in [0.15, 0.2) is 5.96 Å². The van der Waals surface area contributed by atoms with E-state index in [0.717, 1.165) is 37.0 Å². The maximum atomic E-state index is 12.6. The van der Waals surface area contributed by atoms with Crippen LogP contribution in [0.2, 0.25) is 0 Å². The molecule has 4 rings (SSSR count). The van der Waals surface area contributed by atoms with Crippen LogP contribution in [0.5, 0.6) is 5.75 Å². The van der Waals surface area contributed by atoms with E-state index < -0.39 is 0 Å². The number of ether oxygens (including phenoxy) is 2. The number of methoxy groups -OCH3 is 1. The van der Waals surface area contributed by atoms with Gasteiger partial charge < -0.3 is 15.2 Å². The number of nitrogens with two attached hydrogens (primary N) is 1. The Morgan fingerprint density at radius 1 is 1.29 bits per heavy atom. The van der Waals surface area contributed by atoms with Gasteiger partial charge in [0, 0.05) is 31.7 Å². The lowest BCUT2D eigenvalue weighted by molar-refractivity contribution is -0.132. The minimum atomic E-state index is -0.285. The molecule has 2 heterocycles. The number of nitrogens with one attached hydrogen (secondary N) is 1. The van der Waals surface area contributed by atoms with Crippen LogP contribution in [0.25, 0.3) is 0 Å². The number of nitroso groups, excluding NO2 is 1. The standard InChI is InChI=1S/C15H27N3O2.C11H14N2O2/c1-4-15(5-2)10-13(19)18(14(16)17-15)12(8-9-20-3)11-6-7-11;1-11(2)7-9(12-13-14)8-5-3-4-6-10(8)15-11/h11-12H,4-10H2,1-3H3,(H2,16,17);3-6,9H,7H2,1-2H3,(H,12,14)/t;9-/m.0/s1. The third-order valence-corrected chi connectivity index (χ3v) is 7.36. The number of nitrogens with zero attached hydrogens (tertiary/aromatic N) is 3. The zero-order valence-corrected chi connectivity index (χ0v) is 21.8. The number of amides is 1. The molecule has 0 aromatic heterocycles. The molecule has 0 spiro atoms. The van der Waals surface area contributed by atoms with Gasteiger partial charge in [-0.15, -0.1) is 4.91 Å². The van der Waals surface area contributed by atoms with E-state index in [4.69, 9.17) is 15.2 Å². The molecule has 1 saturated carbocycles. The average Bonchev–Trinajstić information content (AvgIpc) is 3.66. The molecule has 0 radical (unpaired) electrons. The van der Waals surface area contributed by atoms with E-state index in [1.807, 2.05) is 38.1 Å². The first-order valence-electron chi connectivity index (χ1n) is 12.7. The van der Waals surface area contributed by atoms with Crippen molar-refractivity contribution in [2.45, 2.75) is 95.9 Å². The molecule has 0 saturated heterocycles. The monoisotopic (exact) mass is 487 g/mol. The van der Waals surface area contributed by atoms with Gasteiger partial charge in [0.1, 0.15) is 11.4 Å². The number of carbonyl (C=O) groups excluding carboxylic acids is 1. The minimum Gasteiger partial charge on any atom is -0.487 e. The molecule has 1 aromatic rings. The summed E-state index contributed by atoms with van der Waals surface area (Å²) in [5.74, 6) is 1.95. The van der Waals surface area contributed by atoms with Crippen molar-refractivity contribution in [2.75, 3.05) is 13.7 Å². The Morgan fingerprint density at radius 3 is 2.54 bits per heavy atom. The summed E-state index contributed by atoms with van der Waals surface area (Å²) in [7, 11) is 1.69. The van der Waals surface area contributed by atoms with Crippen molar-refractivity contribution in [3.05, 3.63) is 34.7 Å². The highest BCUT2D eigenvalue weighted by Crippen LogP contribution is 2.40. The summed E-state index contributed by atoms with van der Waals surface area (Å²) in [6.07, 6.45) is 6.13. The molecule has 3 aliphatic rings. The summed E-state index contributed by atoms with van der Waals surface area (Å²) in [6.45, 7) is 8.81. The molecule has 194 valence electrons. The first-order valence-corrected chi connectivity index (χ1v) is 12.7. The fourth-order valence-corrected chi connectivity index (χ4v) is 5.12. The van der Waals surface area contributed by atoms with Gasteiger partial charge in [-0.05, 0) is 57.9 Å². The van der Waals surface area contributed by atoms with Crippen molar-refractivity contribution in [3.63, 3.8) is 0 Å². The number of fused-ring (bicyclic) bond motifs is 1. The Labute approximate surface area is 208 Å². The predicted molar refractivity (Wildman–Crippen MR) is 137 cm³/mol. The molecule has 3 N–H and O–H groups in total. The number of benzene rings is 1. The second kappa shape index (κ2) is 11.4. The van der Waals surface area contributed by atoms with Crippen molar-refractivity contribution in [2.24, 2.45) is 21.9 Å². The molecule has 1 amide bonds. The highest BCUT2D eigenvalue weighted by atomic mass is 16.5. The quantitative estimate of drug-likeness (QED) is 0.392. The molecule has 35 heavy (non-hydrogen) atoms. The Bertz CT molecular complexity index is 911. The van der Waals surface area contributed by atoms with Crippen LogP contribution in [0.3, 0.4) is 0 Å². The maximum Gasteiger partial charge on any atom is 0.231 e. The molecule has 1 aromatic carbocycles. The van der Waals surface area contributed by atoms with Gasteiger partial charge in [-0.2, -0.15) is 0 Å². The van der Waals surface area contributed by atoms with E-state index in [0.29, 0.717) is 24.9 Å². The van der Waals surface area contributed by atoms with Gasteiger partial charge in [-0.1, -0.05) is 32.0 Å². The van der Waals surface area contributed by atoms with Crippen LogP contribution in [-0.2, 0) is 9.53 Å². The second-order valence-corrected chi connectivity index (χ2v) is 10.4. The van der Waals surface area contributed by atoms with Crippen LogP contribution >= 0.6 is 0 Å². The topological polar surface area (TPSA) is 119 Å². The smallest absolute Gasteiger partial charge is 0.231 e. The predicted octanol–water partition coefficient (Wildman–Crippen LogP) is 4.47. The number of rotatable bonds is 9. The highest BCUT2D eigenvalue weighted by molar-refractivity contribution is 5.99. The number of carbonyl (C=O) groups is 1. The number of hydrogen-bond acceptors (Lipinski definition) is 7. The first kappa shape index (κ1) is 26.9. The summed E-state index contributed by atoms with van der Waals surface area (Å²) in [5.41, 5.74) is 9.18. The first-order chi connectivity index (χ1) is 16.7. The van der Waals surface area contributed by atoms with Crippen LogP contribution < -0.4 is 15.9 Å². The molecule has 1 aliphatic carbocycles. The Kier molecular flexibility index (Phi) is 8.74. The van der Waals surface area contributed by atoms with Crippen LogP contribution in [0.4, 0.5) is 0 Å². The van der Waals surface area contributed by atoms with Crippen molar-refractivity contribution < 1.29 is 14.3 Å². The molecular weight excluding hydrogens is 446 g/mol. The van der Waals surface area contributed by atoms with Gasteiger partial charge in [0.25, 0.3) is 0 Å². The number of hydrogen-bond donors (Lipinski definition) is 2. The van der Waals surface area contributed by atoms with Gasteiger partial charge in [0.05, 0.1) is 23.3 Å².